The highest BCUT2D eigenvalue weighted by atomic mass is 16.4. The third kappa shape index (κ3) is 1.46. The maximum atomic E-state index is 10.5. The number of carboxylic acids is 1. The van der Waals surface area contributed by atoms with E-state index in [4.69, 9.17) is 5.11 Å². The van der Waals surface area contributed by atoms with Crippen molar-refractivity contribution in [3.05, 3.63) is 0 Å². The van der Waals surface area contributed by atoms with Crippen LogP contribution in [0.1, 0.15) is 39.5 Å². The molecule has 2 unspecified atom stereocenters. The SMILES string of the molecule is CC1(O)CCCC1(C)CC(=O)O. The first-order valence-corrected chi connectivity index (χ1v) is 4.32. The Labute approximate surface area is 72.4 Å². The molecule has 3 heteroatoms. The van der Waals surface area contributed by atoms with Gasteiger partial charge in [0.25, 0.3) is 0 Å². The lowest BCUT2D eigenvalue weighted by Gasteiger charge is -2.35. The van der Waals surface area contributed by atoms with Crippen molar-refractivity contribution in [1.82, 2.24) is 0 Å². The zero-order valence-corrected chi connectivity index (χ0v) is 7.63. The van der Waals surface area contributed by atoms with Crippen LogP contribution in [-0.2, 0) is 4.79 Å². The Morgan fingerprint density at radius 2 is 2.00 bits per heavy atom. The fraction of sp³-hybridized carbons (Fsp3) is 0.889. The van der Waals surface area contributed by atoms with Gasteiger partial charge in [0, 0.05) is 5.41 Å². The predicted molar refractivity (Wildman–Crippen MR) is 44.8 cm³/mol. The van der Waals surface area contributed by atoms with Crippen molar-refractivity contribution in [1.29, 1.82) is 0 Å². The van der Waals surface area contributed by atoms with Gasteiger partial charge in [-0.2, -0.15) is 0 Å². The van der Waals surface area contributed by atoms with Crippen molar-refractivity contribution in [2.75, 3.05) is 0 Å². The van der Waals surface area contributed by atoms with E-state index in [1.807, 2.05) is 6.92 Å². The van der Waals surface area contributed by atoms with Gasteiger partial charge in [-0.1, -0.05) is 6.92 Å². The summed E-state index contributed by atoms with van der Waals surface area (Å²) in [4.78, 5) is 10.5. The minimum atomic E-state index is -0.820. The summed E-state index contributed by atoms with van der Waals surface area (Å²) in [5, 5.41) is 18.6. The molecule has 2 N–H and O–H groups in total. The van der Waals surface area contributed by atoms with Crippen LogP contribution < -0.4 is 0 Å². The smallest absolute Gasteiger partial charge is 0.304 e. The van der Waals surface area contributed by atoms with Crippen molar-refractivity contribution >= 4 is 5.97 Å². The second-order valence-electron chi connectivity index (χ2n) is 4.26. The summed E-state index contributed by atoms with van der Waals surface area (Å²) in [7, 11) is 0. The molecule has 1 aliphatic carbocycles. The van der Waals surface area contributed by atoms with Crippen LogP contribution in [0.4, 0.5) is 0 Å². The highest BCUT2D eigenvalue weighted by Gasteiger charge is 2.48. The van der Waals surface area contributed by atoms with Crippen molar-refractivity contribution in [3.8, 4) is 0 Å². The Kier molecular flexibility index (Phi) is 2.17. The van der Waals surface area contributed by atoms with Gasteiger partial charge in [-0.3, -0.25) is 4.79 Å². The summed E-state index contributed by atoms with van der Waals surface area (Å²) >= 11 is 0. The number of carbonyl (C=O) groups is 1. The first kappa shape index (κ1) is 9.52. The van der Waals surface area contributed by atoms with Crippen molar-refractivity contribution < 1.29 is 15.0 Å². The zero-order chi connectivity index (χ0) is 9.41. The van der Waals surface area contributed by atoms with E-state index < -0.39 is 17.0 Å². The third-order valence-corrected chi connectivity index (χ3v) is 3.23. The van der Waals surface area contributed by atoms with Gasteiger partial charge in [-0.25, -0.2) is 0 Å². The molecule has 0 radical (unpaired) electrons. The lowest BCUT2D eigenvalue weighted by atomic mass is 9.75. The van der Waals surface area contributed by atoms with Crippen molar-refractivity contribution in [3.63, 3.8) is 0 Å². The molecule has 1 rings (SSSR count). The largest absolute Gasteiger partial charge is 0.481 e. The zero-order valence-electron chi connectivity index (χ0n) is 7.63. The topological polar surface area (TPSA) is 57.5 Å². The van der Waals surface area contributed by atoms with E-state index in [0.717, 1.165) is 19.3 Å². The van der Waals surface area contributed by atoms with Crippen LogP contribution in [0.25, 0.3) is 0 Å². The maximum absolute atomic E-state index is 10.5. The molecular formula is C9H16O3. The minimum absolute atomic E-state index is 0.0694. The Hall–Kier alpha value is -0.570. The van der Waals surface area contributed by atoms with Gasteiger partial charge in [-0.15, -0.1) is 0 Å². The molecular weight excluding hydrogens is 156 g/mol. The highest BCUT2D eigenvalue weighted by Crippen LogP contribution is 2.48. The fourth-order valence-corrected chi connectivity index (χ4v) is 2.01. The van der Waals surface area contributed by atoms with Gasteiger partial charge in [0.1, 0.15) is 0 Å². The van der Waals surface area contributed by atoms with Crippen LogP contribution in [0.15, 0.2) is 0 Å². The molecule has 0 amide bonds. The van der Waals surface area contributed by atoms with Gasteiger partial charge in [0.15, 0.2) is 0 Å². The average Bonchev–Trinajstić information content (AvgIpc) is 2.05. The molecule has 70 valence electrons. The molecule has 0 aromatic rings. The predicted octanol–water partition coefficient (Wildman–Crippen LogP) is 1.40. The second kappa shape index (κ2) is 2.73. The lowest BCUT2D eigenvalue weighted by Crippen LogP contribution is -2.40. The number of hydrogen-bond donors (Lipinski definition) is 2. The molecule has 0 aliphatic heterocycles. The Morgan fingerprint density at radius 3 is 2.33 bits per heavy atom. The standard InChI is InChI=1S/C9H16O3/c1-8(6-7(10)11)4-3-5-9(8,2)12/h12H,3-6H2,1-2H3,(H,10,11). The Bertz CT molecular complexity index is 198. The van der Waals surface area contributed by atoms with Crippen molar-refractivity contribution in [2.24, 2.45) is 5.41 Å². The van der Waals surface area contributed by atoms with Crippen LogP contribution in [0.2, 0.25) is 0 Å². The van der Waals surface area contributed by atoms with E-state index in [1.165, 1.54) is 0 Å². The Morgan fingerprint density at radius 1 is 1.42 bits per heavy atom. The van der Waals surface area contributed by atoms with Crippen LogP contribution in [-0.4, -0.2) is 21.8 Å². The maximum Gasteiger partial charge on any atom is 0.304 e. The molecule has 0 aromatic heterocycles. The summed E-state index contributed by atoms with van der Waals surface area (Å²) in [6, 6.07) is 0. The summed E-state index contributed by atoms with van der Waals surface area (Å²) in [5.74, 6) is -0.820. The number of carboxylic acid groups (broad SMARTS) is 1. The molecule has 3 nitrogen and oxygen atoms in total. The number of hydrogen-bond acceptors (Lipinski definition) is 2. The molecule has 0 heterocycles. The fourth-order valence-electron chi connectivity index (χ4n) is 2.01. The summed E-state index contributed by atoms with van der Waals surface area (Å²) in [6.45, 7) is 3.59. The molecule has 12 heavy (non-hydrogen) atoms. The van der Waals surface area contributed by atoms with Gasteiger partial charge >= 0.3 is 5.97 Å². The van der Waals surface area contributed by atoms with Crippen molar-refractivity contribution in [2.45, 2.75) is 45.1 Å². The molecule has 0 spiro atoms. The molecule has 2 atom stereocenters. The molecule has 1 aliphatic rings. The van der Waals surface area contributed by atoms with Crippen LogP contribution in [0.5, 0.6) is 0 Å². The molecule has 0 saturated heterocycles. The monoisotopic (exact) mass is 172 g/mol. The first-order valence-electron chi connectivity index (χ1n) is 4.32. The quantitative estimate of drug-likeness (QED) is 0.662. The van der Waals surface area contributed by atoms with Gasteiger partial charge < -0.3 is 10.2 Å². The normalized spacial score (nSPS) is 41.6. The molecule has 0 bridgehead atoms. The molecule has 0 aromatic carbocycles. The van der Waals surface area contributed by atoms with E-state index in [0.29, 0.717) is 0 Å². The Balaban J connectivity index is 2.75. The second-order valence-corrected chi connectivity index (χ2v) is 4.26. The minimum Gasteiger partial charge on any atom is -0.481 e. The number of aliphatic hydroxyl groups is 1. The highest BCUT2D eigenvalue weighted by molar-refractivity contribution is 5.68. The third-order valence-electron chi connectivity index (χ3n) is 3.23. The van der Waals surface area contributed by atoms with E-state index >= 15 is 0 Å². The van der Waals surface area contributed by atoms with Gasteiger partial charge in [0.2, 0.25) is 0 Å². The molecule has 1 fully saturated rings. The number of rotatable bonds is 2. The van der Waals surface area contributed by atoms with E-state index in [2.05, 4.69) is 0 Å². The lowest BCUT2D eigenvalue weighted by molar-refractivity contribution is -0.144. The van der Waals surface area contributed by atoms with Gasteiger partial charge in [0.05, 0.1) is 12.0 Å². The van der Waals surface area contributed by atoms with Crippen LogP contribution in [0, 0.1) is 5.41 Å². The summed E-state index contributed by atoms with van der Waals surface area (Å²) in [5.41, 5.74) is -1.23. The van der Waals surface area contributed by atoms with E-state index in [1.54, 1.807) is 6.92 Å². The summed E-state index contributed by atoms with van der Waals surface area (Å²) < 4.78 is 0. The van der Waals surface area contributed by atoms with E-state index in [9.17, 15) is 9.90 Å². The molecule has 1 saturated carbocycles. The van der Waals surface area contributed by atoms with Crippen LogP contribution >= 0.6 is 0 Å². The first-order chi connectivity index (χ1) is 5.37. The summed E-state index contributed by atoms with van der Waals surface area (Å²) in [6.07, 6.45) is 2.53. The van der Waals surface area contributed by atoms with E-state index in [-0.39, 0.29) is 6.42 Å². The average molecular weight is 172 g/mol. The van der Waals surface area contributed by atoms with Crippen LogP contribution in [0.3, 0.4) is 0 Å². The number of aliphatic carboxylic acids is 1. The van der Waals surface area contributed by atoms with Gasteiger partial charge in [-0.05, 0) is 26.2 Å².